The summed E-state index contributed by atoms with van der Waals surface area (Å²) in [6.07, 6.45) is 17.6. The zero-order chi connectivity index (χ0) is 19.3. The highest BCUT2D eigenvalue weighted by molar-refractivity contribution is 5.83. The van der Waals surface area contributed by atoms with Crippen molar-refractivity contribution in [1.29, 1.82) is 0 Å². The number of fused-ring (bicyclic) bond motifs is 1. The van der Waals surface area contributed by atoms with E-state index in [2.05, 4.69) is 56.0 Å². The summed E-state index contributed by atoms with van der Waals surface area (Å²) in [5.74, 6) is 3.81. The predicted octanol–water partition coefficient (Wildman–Crippen LogP) is 8.13. The summed E-state index contributed by atoms with van der Waals surface area (Å²) >= 11 is 0. The van der Waals surface area contributed by atoms with Crippen LogP contribution in [0, 0.1) is 23.7 Å². The van der Waals surface area contributed by atoms with Gasteiger partial charge in [0, 0.05) is 0 Å². The minimum Gasteiger partial charge on any atom is -0.103 e. The second kappa shape index (κ2) is 9.29. The van der Waals surface area contributed by atoms with Gasteiger partial charge in [0.1, 0.15) is 0 Å². The zero-order valence-electron chi connectivity index (χ0n) is 17.8. The van der Waals surface area contributed by atoms with Crippen LogP contribution in [0.4, 0.5) is 0 Å². The molecule has 0 heterocycles. The van der Waals surface area contributed by atoms with Crippen molar-refractivity contribution in [3.8, 4) is 0 Å². The average molecular weight is 375 g/mol. The highest BCUT2D eigenvalue weighted by Gasteiger charge is 2.30. The SMILES string of the molecule is C=CC1CCC(C2CCC(CCc3ccc4cc(CC)ccc4c3)CC2)CC1. The molecule has 0 radical (unpaired) electrons. The first-order valence-corrected chi connectivity index (χ1v) is 11.9. The Morgan fingerprint density at radius 1 is 0.786 bits per heavy atom. The molecule has 2 saturated carbocycles. The minimum absolute atomic E-state index is 0.808. The second-order valence-corrected chi connectivity index (χ2v) is 9.60. The van der Waals surface area contributed by atoms with E-state index in [-0.39, 0.29) is 0 Å². The molecule has 2 aromatic rings. The Kier molecular flexibility index (Phi) is 6.55. The second-order valence-electron chi connectivity index (χ2n) is 9.60. The first kappa shape index (κ1) is 19.7. The van der Waals surface area contributed by atoms with Crippen LogP contribution in [0.25, 0.3) is 10.8 Å². The summed E-state index contributed by atoms with van der Waals surface area (Å²) in [5, 5.41) is 2.81. The quantitative estimate of drug-likeness (QED) is 0.448. The molecule has 0 aromatic heterocycles. The van der Waals surface area contributed by atoms with Gasteiger partial charge in [-0.2, -0.15) is 0 Å². The molecule has 0 aliphatic heterocycles. The van der Waals surface area contributed by atoms with Gasteiger partial charge in [-0.05, 0) is 103 Å². The summed E-state index contributed by atoms with van der Waals surface area (Å²) in [6, 6.07) is 14.1. The lowest BCUT2D eigenvalue weighted by atomic mass is 9.68. The van der Waals surface area contributed by atoms with Crippen molar-refractivity contribution in [2.45, 2.75) is 77.6 Å². The van der Waals surface area contributed by atoms with E-state index >= 15 is 0 Å². The molecular formula is C28H38. The van der Waals surface area contributed by atoms with Crippen molar-refractivity contribution in [2.75, 3.05) is 0 Å². The summed E-state index contributed by atoms with van der Waals surface area (Å²) in [7, 11) is 0. The molecule has 0 N–H and O–H groups in total. The maximum Gasteiger partial charge on any atom is -0.0181 e. The van der Waals surface area contributed by atoms with Crippen molar-refractivity contribution in [3.63, 3.8) is 0 Å². The molecule has 4 rings (SSSR count). The molecule has 2 aromatic carbocycles. The number of benzene rings is 2. The summed E-state index contributed by atoms with van der Waals surface area (Å²) < 4.78 is 0. The Hall–Kier alpha value is -1.56. The molecule has 150 valence electrons. The molecule has 0 amide bonds. The third kappa shape index (κ3) is 4.70. The highest BCUT2D eigenvalue weighted by atomic mass is 14.4. The van der Waals surface area contributed by atoms with E-state index in [1.165, 1.54) is 86.1 Å². The van der Waals surface area contributed by atoms with Crippen LogP contribution in [-0.4, -0.2) is 0 Å². The molecule has 2 fully saturated rings. The maximum atomic E-state index is 4.00. The van der Waals surface area contributed by atoms with Gasteiger partial charge >= 0.3 is 0 Å². The van der Waals surface area contributed by atoms with Gasteiger partial charge in [0.15, 0.2) is 0 Å². The van der Waals surface area contributed by atoms with Crippen LogP contribution >= 0.6 is 0 Å². The third-order valence-electron chi connectivity index (χ3n) is 7.93. The number of allylic oxidation sites excluding steroid dienone is 1. The Labute approximate surface area is 172 Å². The number of rotatable bonds is 6. The molecule has 0 nitrogen and oxygen atoms in total. The minimum atomic E-state index is 0.808. The molecule has 0 atom stereocenters. The molecule has 0 unspecified atom stereocenters. The summed E-state index contributed by atoms with van der Waals surface area (Å²) in [5.41, 5.74) is 2.97. The van der Waals surface area contributed by atoms with E-state index in [9.17, 15) is 0 Å². The third-order valence-corrected chi connectivity index (χ3v) is 7.93. The molecule has 0 heteroatoms. The lowest BCUT2D eigenvalue weighted by Crippen LogP contribution is -2.25. The van der Waals surface area contributed by atoms with Crippen LogP contribution in [0.15, 0.2) is 49.1 Å². The fourth-order valence-electron chi connectivity index (χ4n) is 5.89. The molecule has 2 aliphatic rings. The van der Waals surface area contributed by atoms with Crippen molar-refractivity contribution in [1.82, 2.24) is 0 Å². The first-order chi connectivity index (χ1) is 13.7. The van der Waals surface area contributed by atoms with Crippen LogP contribution < -0.4 is 0 Å². The van der Waals surface area contributed by atoms with Gasteiger partial charge in [-0.15, -0.1) is 6.58 Å². The fourth-order valence-corrected chi connectivity index (χ4v) is 5.89. The van der Waals surface area contributed by atoms with E-state index < -0.39 is 0 Å². The summed E-state index contributed by atoms with van der Waals surface area (Å²) in [6.45, 7) is 6.23. The Balaban J connectivity index is 1.25. The number of hydrogen-bond donors (Lipinski definition) is 0. The normalized spacial score (nSPS) is 28.3. The smallest absolute Gasteiger partial charge is 0.0181 e. The topological polar surface area (TPSA) is 0 Å². The van der Waals surface area contributed by atoms with Crippen molar-refractivity contribution in [3.05, 3.63) is 60.2 Å². The molecule has 28 heavy (non-hydrogen) atoms. The molecule has 2 aliphatic carbocycles. The van der Waals surface area contributed by atoms with Crippen LogP contribution in [-0.2, 0) is 12.8 Å². The lowest BCUT2D eigenvalue weighted by Gasteiger charge is -2.37. The monoisotopic (exact) mass is 374 g/mol. The van der Waals surface area contributed by atoms with E-state index in [0.717, 1.165) is 30.1 Å². The Morgan fingerprint density at radius 2 is 1.36 bits per heavy atom. The van der Waals surface area contributed by atoms with Gasteiger partial charge in [0.25, 0.3) is 0 Å². The zero-order valence-corrected chi connectivity index (χ0v) is 17.8. The van der Waals surface area contributed by atoms with E-state index in [0.29, 0.717) is 0 Å². The van der Waals surface area contributed by atoms with E-state index in [1.807, 2.05) is 0 Å². The van der Waals surface area contributed by atoms with Gasteiger partial charge in [0.2, 0.25) is 0 Å². The van der Waals surface area contributed by atoms with E-state index in [4.69, 9.17) is 0 Å². The fraction of sp³-hybridized carbons (Fsp3) is 0.571. The van der Waals surface area contributed by atoms with Crippen molar-refractivity contribution < 1.29 is 0 Å². The highest BCUT2D eigenvalue weighted by Crippen LogP contribution is 2.42. The van der Waals surface area contributed by atoms with Gasteiger partial charge in [-0.25, -0.2) is 0 Å². The number of hydrogen-bond acceptors (Lipinski definition) is 0. The van der Waals surface area contributed by atoms with Crippen LogP contribution in [0.3, 0.4) is 0 Å². The van der Waals surface area contributed by atoms with Gasteiger partial charge < -0.3 is 0 Å². The van der Waals surface area contributed by atoms with Gasteiger partial charge in [-0.3, -0.25) is 0 Å². The maximum absolute atomic E-state index is 4.00. The van der Waals surface area contributed by atoms with Crippen molar-refractivity contribution >= 4 is 10.8 Å². The van der Waals surface area contributed by atoms with E-state index in [1.54, 1.807) is 0 Å². The van der Waals surface area contributed by atoms with Crippen LogP contribution in [0.5, 0.6) is 0 Å². The van der Waals surface area contributed by atoms with Crippen LogP contribution in [0.2, 0.25) is 0 Å². The Morgan fingerprint density at radius 3 is 1.96 bits per heavy atom. The average Bonchev–Trinajstić information content (AvgIpc) is 2.77. The summed E-state index contributed by atoms with van der Waals surface area (Å²) in [4.78, 5) is 0. The molecule has 0 saturated heterocycles. The predicted molar refractivity (Wildman–Crippen MR) is 123 cm³/mol. The molecular weight excluding hydrogens is 336 g/mol. The lowest BCUT2D eigenvalue weighted by molar-refractivity contribution is 0.153. The largest absolute Gasteiger partial charge is 0.103 e. The van der Waals surface area contributed by atoms with Crippen molar-refractivity contribution in [2.24, 2.45) is 23.7 Å². The Bertz CT molecular complexity index is 770. The standard InChI is InChI=1S/C28H38/c1-3-21-7-13-25(14-8-21)26-15-10-23(11-16-26)5-6-24-12-18-27-19-22(4-2)9-17-28(27)20-24/h3,9,12,17-21,23,25-26H,1,4-8,10-11,13-16H2,2H3. The molecule has 0 spiro atoms. The van der Waals surface area contributed by atoms with Crippen LogP contribution in [0.1, 0.15) is 75.8 Å². The van der Waals surface area contributed by atoms with Gasteiger partial charge in [-0.1, -0.05) is 62.2 Å². The first-order valence-electron chi connectivity index (χ1n) is 11.9. The number of aryl methyl sites for hydroxylation is 2. The molecule has 0 bridgehead atoms. The van der Waals surface area contributed by atoms with Gasteiger partial charge in [0.05, 0.1) is 0 Å².